The molecule has 5 heteroatoms. The van der Waals surface area contributed by atoms with Crippen molar-refractivity contribution in [1.82, 2.24) is 19.4 Å². The Morgan fingerprint density at radius 3 is 2.76 bits per heavy atom. The van der Waals surface area contributed by atoms with Crippen LogP contribution in [0, 0.1) is 0 Å². The van der Waals surface area contributed by atoms with E-state index in [2.05, 4.69) is 26.4 Å². The third-order valence-corrected chi connectivity index (χ3v) is 5.08. The summed E-state index contributed by atoms with van der Waals surface area (Å²) >= 11 is 0. The van der Waals surface area contributed by atoms with Gasteiger partial charge < -0.3 is 9.47 Å². The van der Waals surface area contributed by atoms with Gasteiger partial charge in [-0.1, -0.05) is 32.3 Å². The minimum Gasteiger partial charge on any atom is -0.334 e. The molecule has 2 aromatic heterocycles. The Labute approximate surface area is 150 Å². The third kappa shape index (κ3) is 4.68. The Morgan fingerprint density at radius 2 is 2.04 bits per heavy atom. The Balaban J connectivity index is 1.67. The molecule has 1 aliphatic carbocycles. The minimum atomic E-state index is 0.230. The van der Waals surface area contributed by atoms with Gasteiger partial charge in [0.1, 0.15) is 5.82 Å². The zero-order chi connectivity index (χ0) is 17.5. The molecule has 1 fully saturated rings. The predicted molar refractivity (Wildman–Crippen MR) is 97.9 cm³/mol. The number of carbonyl (C=O) groups is 1. The molecule has 1 amide bonds. The van der Waals surface area contributed by atoms with Crippen molar-refractivity contribution < 1.29 is 4.79 Å². The van der Waals surface area contributed by atoms with E-state index in [1.807, 2.05) is 30.6 Å². The summed E-state index contributed by atoms with van der Waals surface area (Å²) in [5.74, 6) is 1.27. The van der Waals surface area contributed by atoms with Crippen molar-refractivity contribution in [3.63, 3.8) is 0 Å². The molecule has 1 aliphatic rings. The molecule has 0 saturated heterocycles. The second-order valence-electron chi connectivity index (χ2n) is 6.77. The summed E-state index contributed by atoms with van der Waals surface area (Å²) in [7, 11) is 0. The molecule has 0 atom stereocenters. The number of rotatable bonds is 7. The third-order valence-electron chi connectivity index (χ3n) is 5.08. The van der Waals surface area contributed by atoms with Crippen LogP contribution in [0.4, 0.5) is 0 Å². The van der Waals surface area contributed by atoms with Gasteiger partial charge in [0.25, 0.3) is 0 Å². The zero-order valence-electron chi connectivity index (χ0n) is 15.1. The first-order valence-electron chi connectivity index (χ1n) is 9.47. The second-order valence-corrected chi connectivity index (χ2v) is 6.77. The van der Waals surface area contributed by atoms with Crippen molar-refractivity contribution >= 4 is 5.91 Å². The molecule has 0 spiro atoms. The molecule has 0 bridgehead atoms. The van der Waals surface area contributed by atoms with E-state index in [1.165, 1.54) is 19.3 Å². The van der Waals surface area contributed by atoms with E-state index in [4.69, 9.17) is 0 Å². The Morgan fingerprint density at radius 1 is 1.20 bits per heavy atom. The molecule has 0 radical (unpaired) electrons. The predicted octanol–water partition coefficient (Wildman–Crippen LogP) is 3.59. The quantitative estimate of drug-likeness (QED) is 0.774. The van der Waals surface area contributed by atoms with Crippen molar-refractivity contribution in [2.45, 2.75) is 71.0 Å². The fraction of sp³-hybridized carbons (Fsp3) is 0.550. The first kappa shape index (κ1) is 17.6. The molecule has 2 heterocycles. The first-order valence-corrected chi connectivity index (χ1v) is 9.47. The van der Waals surface area contributed by atoms with Crippen molar-refractivity contribution in [3.8, 4) is 0 Å². The largest absolute Gasteiger partial charge is 0.334 e. The van der Waals surface area contributed by atoms with E-state index in [-0.39, 0.29) is 5.91 Å². The molecule has 0 N–H and O–H groups in total. The maximum absolute atomic E-state index is 13.0. The monoisotopic (exact) mass is 340 g/mol. The highest BCUT2D eigenvalue weighted by Gasteiger charge is 2.25. The van der Waals surface area contributed by atoms with Crippen LogP contribution in [0.15, 0.2) is 36.8 Å². The topological polar surface area (TPSA) is 51.0 Å². The van der Waals surface area contributed by atoms with E-state index < -0.39 is 0 Å². The van der Waals surface area contributed by atoms with Crippen molar-refractivity contribution in [2.75, 3.05) is 0 Å². The number of aromatic nitrogens is 3. The lowest BCUT2D eigenvalue weighted by Gasteiger charge is -2.34. The number of amides is 1. The zero-order valence-corrected chi connectivity index (χ0v) is 15.1. The Kier molecular flexibility index (Phi) is 6.20. The van der Waals surface area contributed by atoms with Crippen LogP contribution < -0.4 is 0 Å². The number of aryl methyl sites for hydroxylation is 2. The Bertz CT molecular complexity index is 661. The molecule has 1 saturated carbocycles. The Hall–Kier alpha value is -2.17. The van der Waals surface area contributed by atoms with Crippen molar-refractivity contribution in [1.29, 1.82) is 0 Å². The summed E-state index contributed by atoms with van der Waals surface area (Å²) in [6.07, 6.45) is 13.0. The standard InChI is InChI=1S/C20H28N4O/c1-2-19-22-13-15-23(19)14-11-20(25)24(18-9-4-3-5-10-18)16-17-8-6-7-12-21-17/h6-8,12-13,15,18H,2-5,9-11,14,16H2,1H3. The highest BCUT2D eigenvalue weighted by atomic mass is 16.2. The number of imidazole rings is 1. The van der Waals surface area contributed by atoms with E-state index in [9.17, 15) is 4.79 Å². The van der Waals surface area contributed by atoms with Crippen LogP contribution in [-0.4, -0.2) is 31.4 Å². The number of pyridine rings is 1. The van der Waals surface area contributed by atoms with Gasteiger partial charge in [0.2, 0.25) is 5.91 Å². The molecule has 3 rings (SSSR count). The van der Waals surface area contributed by atoms with Crippen LogP contribution in [0.3, 0.4) is 0 Å². The average Bonchev–Trinajstić information content (AvgIpc) is 3.13. The van der Waals surface area contributed by atoms with Gasteiger partial charge in [-0.2, -0.15) is 0 Å². The van der Waals surface area contributed by atoms with Crippen LogP contribution in [0.5, 0.6) is 0 Å². The van der Waals surface area contributed by atoms with E-state index in [1.54, 1.807) is 6.20 Å². The van der Waals surface area contributed by atoms with Gasteiger partial charge in [-0.15, -0.1) is 0 Å². The molecule has 0 unspecified atom stereocenters. The normalized spacial score (nSPS) is 15.2. The van der Waals surface area contributed by atoms with E-state index in [0.29, 0.717) is 25.6 Å². The number of hydrogen-bond donors (Lipinski definition) is 0. The van der Waals surface area contributed by atoms with Crippen LogP contribution in [0.25, 0.3) is 0 Å². The highest BCUT2D eigenvalue weighted by Crippen LogP contribution is 2.24. The lowest BCUT2D eigenvalue weighted by atomic mass is 9.93. The summed E-state index contributed by atoms with van der Waals surface area (Å²) in [6.45, 7) is 3.42. The lowest BCUT2D eigenvalue weighted by Crippen LogP contribution is -2.41. The van der Waals surface area contributed by atoms with Crippen LogP contribution >= 0.6 is 0 Å². The fourth-order valence-electron chi connectivity index (χ4n) is 3.70. The summed E-state index contributed by atoms with van der Waals surface area (Å²) < 4.78 is 2.09. The summed E-state index contributed by atoms with van der Waals surface area (Å²) in [5.41, 5.74) is 0.971. The van der Waals surface area contributed by atoms with Gasteiger partial charge in [-0.05, 0) is 25.0 Å². The molecular formula is C20H28N4O. The van der Waals surface area contributed by atoms with Gasteiger partial charge >= 0.3 is 0 Å². The summed E-state index contributed by atoms with van der Waals surface area (Å²) in [4.78, 5) is 23.8. The number of nitrogens with zero attached hydrogens (tertiary/aromatic N) is 4. The average molecular weight is 340 g/mol. The van der Waals surface area contributed by atoms with Crippen molar-refractivity contribution in [3.05, 3.63) is 48.3 Å². The van der Waals surface area contributed by atoms with Crippen LogP contribution in [0.2, 0.25) is 0 Å². The van der Waals surface area contributed by atoms with Crippen LogP contribution in [-0.2, 0) is 24.3 Å². The molecule has 134 valence electrons. The second kappa shape index (κ2) is 8.79. The smallest absolute Gasteiger partial charge is 0.224 e. The molecule has 0 aromatic carbocycles. The van der Waals surface area contributed by atoms with Gasteiger partial charge in [-0.25, -0.2) is 4.98 Å². The highest BCUT2D eigenvalue weighted by molar-refractivity contribution is 5.76. The van der Waals surface area contributed by atoms with Gasteiger partial charge in [0.05, 0.1) is 12.2 Å². The van der Waals surface area contributed by atoms with Gasteiger partial charge in [0, 0.05) is 44.0 Å². The van der Waals surface area contributed by atoms with E-state index in [0.717, 1.165) is 30.8 Å². The molecular weight excluding hydrogens is 312 g/mol. The van der Waals surface area contributed by atoms with Gasteiger partial charge in [0.15, 0.2) is 0 Å². The summed E-state index contributed by atoms with van der Waals surface area (Å²) in [5, 5.41) is 0. The lowest BCUT2D eigenvalue weighted by molar-refractivity contribution is -0.135. The molecule has 25 heavy (non-hydrogen) atoms. The first-order chi connectivity index (χ1) is 12.3. The molecule has 2 aromatic rings. The van der Waals surface area contributed by atoms with E-state index >= 15 is 0 Å². The van der Waals surface area contributed by atoms with Crippen molar-refractivity contribution in [2.24, 2.45) is 0 Å². The van der Waals surface area contributed by atoms with Gasteiger partial charge in [-0.3, -0.25) is 9.78 Å². The molecule has 5 nitrogen and oxygen atoms in total. The van der Waals surface area contributed by atoms with Crippen LogP contribution in [0.1, 0.15) is 57.0 Å². The summed E-state index contributed by atoms with van der Waals surface area (Å²) in [6, 6.07) is 6.28. The number of hydrogen-bond acceptors (Lipinski definition) is 3. The maximum Gasteiger partial charge on any atom is 0.224 e. The molecule has 0 aliphatic heterocycles. The SMILES string of the molecule is CCc1nccn1CCC(=O)N(Cc1ccccn1)C1CCCCC1. The number of carbonyl (C=O) groups excluding carboxylic acids is 1. The minimum absolute atomic E-state index is 0.230. The fourth-order valence-corrected chi connectivity index (χ4v) is 3.70. The maximum atomic E-state index is 13.0.